The molecule has 0 heterocycles. The molecule has 0 radical (unpaired) electrons. The zero-order valence-corrected chi connectivity index (χ0v) is 17.5. The first-order valence-electron chi connectivity index (χ1n) is 9.85. The van der Waals surface area contributed by atoms with Crippen LogP contribution in [-0.4, -0.2) is 61.8 Å². The number of nitrogens with two attached hydrogens (primary N) is 1. The summed E-state index contributed by atoms with van der Waals surface area (Å²) >= 11 is 0. The molecule has 8 nitrogen and oxygen atoms in total. The summed E-state index contributed by atoms with van der Waals surface area (Å²) in [6.07, 6.45) is 2.22. The van der Waals surface area contributed by atoms with E-state index in [1.54, 1.807) is 0 Å². The third kappa shape index (κ3) is 14.4. The molecule has 3 N–H and O–H groups in total. The summed E-state index contributed by atoms with van der Waals surface area (Å²) in [5.41, 5.74) is 4.57. The molecule has 0 atom stereocenters. The van der Waals surface area contributed by atoms with Gasteiger partial charge in [-0.05, 0) is 40.0 Å². The number of ether oxygens (including phenoxy) is 2. The van der Waals surface area contributed by atoms with Crippen LogP contribution in [0.1, 0.15) is 65.7 Å². The molecule has 0 spiro atoms. The molecule has 0 fully saturated rings. The highest BCUT2D eigenvalue weighted by Crippen LogP contribution is 2.26. The fraction of sp³-hybridized carbons (Fsp3) is 0.800. The fourth-order valence-corrected chi connectivity index (χ4v) is 2.74. The minimum absolute atomic E-state index is 0.00471. The Bertz CT molecular complexity index is 461. The molecule has 0 aromatic rings. The molecule has 0 aliphatic carbocycles. The van der Waals surface area contributed by atoms with Gasteiger partial charge >= 0.3 is 0 Å². The third-order valence-electron chi connectivity index (χ3n) is 4.38. The maximum atomic E-state index is 12.4. The molecule has 0 aromatic carbocycles. The van der Waals surface area contributed by atoms with Gasteiger partial charge in [-0.15, -0.1) is 0 Å². The lowest BCUT2D eigenvalue weighted by atomic mass is 9.82. The minimum atomic E-state index is -0.746. The Morgan fingerprint density at radius 1 is 0.714 bits per heavy atom. The first-order valence-corrected chi connectivity index (χ1v) is 9.85. The number of hydrogen-bond donors (Lipinski definition) is 2. The van der Waals surface area contributed by atoms with Crippen molar-refractivity contribution < 1.29 is 28.7 Å². The fourth-order valence-electron chi connectivity index (χ4n) is 2.74. The smallest absolute Gasteiger partial charge is 0.222 e. The normalized spacial score (nSPS) is 11.3. The van der Waals surface area contributed by atoms with Crippen LogP contribution in [-0.2, 0) is 28.7 Å². The van der Waals surface area contributed by atoms with Gasteiger partial charge in [0, 0.05) is 37.8 Å². The first kappa shape index (κ1) is 26.4. The quantitative estimate of drug-likeness (QED) is 0.333. The molecule has 0 aliphatic heterocycles. The van der Waals surface area contributed by atoms with E-state index in [1.807, 2.05) is 0 Å². The van der Waals surface area contributed by atoms with Crippen LogP contribution in [0, 0.1) is 0 Å². The Kier molecular flexibility index (Phi) is 14.4. The molecule has 0 aliphatic rings. The summed E-state index contributed by atoms with van der Waals surface area (Å²) < 4.78 is 10.6. The average molecular weight is 401 g/mol. The Hall–Kier alpha value is -1.64. The number of Topliss-reactive ketones (excluding diaryl/α,β-unsaturated/α-hetero) is 3. The molecule has 0 saturated carbocycles. The summed E-state index contributed by atoms with van der Waals surface area (Å²) in [6.45, 7) is 6.41. The molecule has 0 bridgehead atoms. The van der Waals surface area contributed by atoms with Crippen LogP contribution in [0.3, 0.4) is 0 Å². The molecule has 162 valence electrons. The standard InChI is InChI=1S/C20H36N2O6/c1-16(23)4-8-20(9-5-17(2)24,10-6-18(3)25)22-19(26)7-12-27-14-15-28-13-11-21/h4-15,21H2,1-3H3,(H,22,26). The van der Waals surface area contributed by atoms with E-state index in [1.165, 1.54) is 20.8 Å². The summed E-state index contributed by atoms with van der Waals surface area (Å²) in [5.74, 6) is -0.209. The van der Waals surface area contributed by atoms with Gasteiger partial charge in [0.1, 0.15) is 17.3 Å². The second kappa shape index (κ2) is 15.3. The first-order chi connectivity index (χ1) is 13.2. The highest BCUT2D eigenvalue weighted by atomic mass is 16.5. The van der Waals surface area contributed by atoms with Crippen molar-refractivity contribution in [3.63, 3.8) is 0 Å². The van der Waals surface area contributed by atoms with Crippen LogP contribution in [0.25, 0.3) is 0 Å². The zero-order chi connectivity index (χ0) is 21.4. The molecule has 0 saturated heterocycles. The van der Waals surface area contributed by atoms with E-state index in [-0.39, 0.29) is 55.5 Å². The van der Waals surface area contributed by atoms with Gasteiger partial charge < -0.3 is 34.9 Å². The van der Waals surface area contributed by atoms with Gasteiger partial charge in [0.25, 0.3) is 0 Å². The van der Waals surface area contributed by atoms with Gasteiger partial charge in [-0.1, -0.05) is 0 Å². The van der Waals surface area contributed by atoms with Crippen molar-refractivity contribution in [1.82, 2.24) is 5.32 Å². The molecule has 28 heavy (non-hydrogen) atoms. The molecular weight excluding hydrogens is 364 g/mol. The van der Waals surface area contributed by atoms with E-state index >= 15 is 0 Å². The van der Waals surface area contributed by atoms with Crippen LogP contribution in [0.2, 0.25) is 0 Å². The van der Waals surface area contributed by atoms with Crippen LogP contribution in [0.4, 0.5) is 0 Å². The van der Waals surface area contributed by atoms with Crippen molar-refractivity contribution in [2.45, 2.75) is 71.3 Å². The van der Waals surface area contributed by atoms with Crippen LogP contribution < -0.4 is 11.1 Å². The second-order valence-corrected chi connectivity index (χ2v) is 7.20. The Balaban J connectivity index is 4.78. The Morgan fingerprint density at radius 2 is 1.14 bits per heavy atom. The third-order valence-corrected chi connectivity index (χ3v) is 4.38. The molecule has 0 aromatic heterocycles. The van der Waals surface area contributed by atoms with E-state index in [0.29, 0.717) is 45.6 Å². The summed E-state index contributed by atoms with van der Waals surface area (Å²) in [6, 6.07) is 0. The molecule has 0 unspecified atom stereocenters. The lowest BCUT2D eigenvalue weighted by Gasteiger charge is -2.35. The molecular formula is C20H36N2O6. The number of nitrogens with one attached hydrogen (secondary N) is 1. The number of rotatable bonds is 18. The lowest BCUT2D eigenvalue weighted by molar-refractivity contribution is -0.126. The van der Waals surface area contributed by atoms with Gasteiger partial charge in [-0.25, -0.2) is 0 Å². The lowest BCUT2D eigenvalue weighted by Crippen LogP contribution is -2.49. The van der Waals surface area contributed by atoms with Gasteiger partial charge in [0.15, 0.2) is 0 Å². The number of amides is 1. The monoisotopic (exact) mass is 400 g/mol. The molecule has 0 rings (SSSR count). The number of carbonyl (C=O) groups excluding carboxylic acids is 4. The Labute approximate surface area is 167 Å². The van der Waals surface area contributed by atoms with Crippen LogP contribution >= 0.6 is 0 Å². The van der Waals surface area contributed by atoms with Gasteiger partial charge in [-0.3, -0.25) is 4.79 Å². The van der Waals surface area contributed by atoms with Crippen molar-refractivity contribution in [2.24, 2.45) is 5.73 Å². The van der Waals surface area contributed by atoms with E-state index in [4.69, 9.17) is 15.2 Å². The van der Waals surface area contributed by atoms with Crippen molar-refractivity contribution in [3.05, 3.63) is 0 Å². The van der Waals surface area contributed by atoms with Crippen LogP contribution in [0.15, 0.2) is 0 Å². The zero-order valence-electron chi connectivity index (χ0n) is 17.5. The summed E-state index contributed by atoms with van der Waals surface area (Å²) in [5, 5.41) is 2.98. The van der Waals surface area contributed by atoms with E-state index in [0.717, 1.165) is 0 Å². The van der Waals surface area contributed by atoms with Crippen LogP contribution in [0.5, 0.6) is 0 Å². The minimum Gasteiger partial charge on any atom is -0.379 e. The van der Waals surface area contributed by atoms with Crippen molar-refractivity contribution in [1.29, 1.82) is 0 Å². The highest BCUT2D eigenvalue weighted by Gasteiger charge is 2.32. The maximum absolute atomic E-state index is 12.4. The molecule has 8 heteroatoms. The molecule has 1 amide bonds. The predicted octanol–water partition coefficient (Wildman–Crippen LogP) is 1.33. The van der Waals surface area contributed by atoms with Crippen molar-refractivity contribution in [2.75, 3.05) is 33.0 Å². The van der Waals surface area contributed by atoms with Gasteiger partial charge in [-0.2, -0.15) is 0 Å². The number of hydrogen-bond acceptors (Lipinski definition) is 7. The Morgan fingerprint density at radius 3 is 1.54 bits per heavy atom. The van der Waals surface area contributed by atoms with E-state index in [9.17, 15) is 19.2 Å². The average Bonchev–Trinajstić information content (AvgIpc) is 2.62. The largest absolute Gasteiger partial charge is 0.379 e. The van der Waals surface area contributed by atoms with Crippen molar-refractivity contribution >= 4 is 23.3 Å². The number of ketones is 3. The van der Waals surface area contributed by atoms with Crippen molar-refractivity contribution in [3.8, 4) is 0 Å². The predicted molar refractivity (Wildman–Crippen MR) is 106 cm³/mol. The summed E-state index contributed by atoms with van der Waals surface area (Å²) in [7, 11) is 0. The van der Waals surface area contributed by atoms with Gasteiger partial charge in [0.05, 0.1) is 26.4 Å². The van der Waals surface area contributed by atoms with Gasteiger partial charge in [0.2, 0.25) is 5.91 Å². The maximum Gasteiger partial charge on any atom is 0.222 e. The highest BCUT2D eigenvalue weighted by molar-refractivity contribution is 5.79. The second-order valence-electron chi connectivity index (χ2n) is 7.20. The van der Waals surface area contributed by atoms with E-state index in [2.05, 4.69) is 5.32 Å². The summed E-state index contributed by atoms with van der Waals surface area (Å²) in [4.78, 5) is 46.9. The SMILES string of the molecule is CC(=O)CCC(CCC(C)=O)(CCC(C)=O)NC(=O)CCOCCOCCN. The van der Waals surface area contributed by atoms with E-state index < -0.39 is 5.54 Å². The topological polar surface area (TPSA) is 125 Å². The number of carbonyl (C=O) groups is 4.